The lowest BCUT2D eigenvalue weighted by atomic mass is 9.92. The van der Waals surface area contributed by atoms with Crippen LogP contribution >= 0.6 is 0 Å². The molecule has 100 valence electrons. The molecular formula is C14H24N4. The molecule has 4 nitrogen and oxygen atoms in total. The fourth-order valence-corrected chi connectivity index (χ4v) is 3.53. The molecule has 0 bridgehead atoms. The quantitative estimate of drug-likeness (QED) is 0.870. The van der Waals surface area contributed by atoms with Gasteiger partial charge in [-0.05, 0) is 50.7 Å². The number of piperidine rings is 1. The predicted octanol–water partition coefficient (Wildman–Crippen LogP) is 1.24. The monoisotopic (exact) mass is 248 g/mol. The molecule has 1 aromatic rings. The van der Waals surface area contributed by atoms with E-state index in [2.05, 4.69) is 28.6 Å². The van der Waals surface area contributed by atoms with Crippen molar-refractivity contribution >= 4 is 0 Å². The van der Waals surface area contributed by atoms with Crippen molar-refractivity contribution in [3.05, 3.63) is 18.0 Å². The Morgan fingerprint density at radius 2 is 2.28 bits per heavy atom. The van der Waals surface area contributed by atoms with Gasteiger partial charge in [0.1, 0.15) is 0 Å². The third kappa shape index (κ3) is 2.45. The summed E-state index contributed by atoms with van der Waals surface area (Å²) in [5.41, 5.74) is 2.02. The fraction of sp³-hybridized carbons (Fsp3) is 0.786. The number of rotatable bonds is 4. The highest BCUT2D eigenvalue weighted by Crippen LogP contribution is 2.58. The van der Waals surface area contributed by atoms with Gasteiger partial charge in [-0.2, -0.15) is 5.10 Å². The summed E-state index contributed by atoms with van der Waals surface area (Å²) < 4.78 is 1.88. The van der Waals surface area contributed by atoms with E-state index in [1.165, 1.54) is 44.5 Å². The second-order valence-electron chi connectivity index (χ2n) is 6.23. The van der Waals surface area contributed by atoms with Gasteiger partial charge >= 0.3 is 0 Å². The lowest BCUT2D eigenvalue weighted by Crippen LogP contribution is -2.31. The van der Waals surface area contributed by atoms with Crippen LogP contribution in [0.15, 0.2) is 12.4 Å². The van der Waals surface area contributed by atoms with E-state index in [1.807, 2.05) is 17.9 Å². The van der Waals surface area contributed by atoms with E-state index in [4.69, 9.17) is 0 Å². The Hall–Kier alpha value is -0.870. The standard InChI is InChI=1S/C14H24N4/c1-17(9-12-8-16-18(2)10-12)11-13-7-14(13)3-5-15-6-4-14/h8,10,13,15H,3-7,9,11H2,1-2H3. The Morgan fingerprint density at radius 1 is 1.50 bits per heavy atom. The molecule has 0 aromatic carbocycles. The summed E-state index contributed by atoms with van der Waals surface area (Å²) in [6, 6.07) is 0. The smallest absolute Gasteiger partial charge is 0.0534 e. The van der Waals surface area contributed by atoms with Crippen LogP contribution in [0, 0.1) is 11.3 Å². The third-order valence-electron chi connectivity index (χ3n) is 4.70. The first-order valence-electron chi connectivity index (χ1n) is 7.05. The zero-order valence-corrected chi connectivity index (χ0v) is 11.5. The number of nitrogens with one attached hydrogen (secondary N) is 1. The van der Waals surface area contributed by atoms with Crippen LogP contribution in [0.3, 0.4) is 0 Å². The van der Waals surface area contributed by atoms with Crippen molar-refractivity contribution in [1.29, 1.82) is 0 Å². The minimum Gasteiger partial charge on any atom is -0.317 e. The fourth-order valence-electron chi connectivity index (χ4n) is 3.53. The maximum absolute atomic E-state index is 4.23. The van der Waals surface area contributed by atoms with Gasteiger partial charge in [0, 0.05) is 31.9 Å². The number of aromatic nitrogens is 2. The van der Waals surface area contributed by atoms with Crippen LogP contribution in [0.2, 0.25) is 0 Å². The van der Waals surface area contributed by atoms with Crippen molar-refractivity contribution < 1.29 is 0 Å². The van der Waals surface area contributed by atoms with Crippen molar-refractivity contribution in [1.82, 2.24) is 20.0 Å². The summed E-state index contributed by atoms with van der Waals surface area (Å²) >= 11 is 0. The second kappa shape index (κ2) is 4.67. The number of hydrogen-bond acceptors (Lipinski definition) is 3. The van der Waals surface area contributed by atoms with Crippen molar-refractivity contribution in [2.24, 2.45) is 18.4 Å². The number of nitrogens with zero attached hydrogens (tertiary/aromatic N) is 3. The molecule has 1 N–H and O–H groups in total. The molecule has 4 heteroatoms. The van der Waals surface area contributed by atoms with Crippen LogP contribution in [0.5, 0.6) is 0 Å². The van der Waals surface area contributed by atoms with Gasteiger partial charge in [-0.15, -0.1) is 0 Å². The molecule has 2 heterocycles. The van der Waals surface area contributed by atoms with Crippen molar-refractivity contribution in [3.63, 3.8) is 0 Å². The lowest BCUT2D eigenvalue weighted by molar-refractivity contribution is 0.257. The molecule has 1 aromatic heterocycles. The van der Waals surface area contributed by atoms with E-state index in [-0.39, 0.29) is 0 Å². The van der Waals surface area contributed by atoms with Gasteiger partial charge < -0.3 is 10.2 Å². The molecule has 1 aliphatic carbocycles. The van der Waals surface area contributed by atoms with Crippen LogP contribution < -0.4 is 5.32 Å². The van der Waals surface area contributed by atoms with Gasteiger partial charge in [0.25, 0.3) is 0 Å². The Bertz CT molecular complexity index is 406. The molecule has 18 heavy (non-hydrogen) atoms. The topological polar surface area (TPSA) is 33.1 Å². The molecule has 1 atom stereocenters. The van der Waals surface area contributed by atoms with Gasteiger partial charge in [0.05, 0.1) is 6.20 Å². The summed E-state index contributed by atoms with van der Waals surface area (Å²) in [6.45, 7) is 4.72. The molecule has 3 rings (SSSR count). The SMILES string of the molecule is CN(Cc1cnn(C)c1)CC1CC12CCNCC2. The maximum Gasteiger partial charge on any atom is 0.0534 e. The predicted molar refractivity (Wildman–Crippen MR) is 72.2 cm³/mol. The van der Waals surface area contributed by atoms with E-state index in [1.54, 1.807) is 0 Å². The maximum atomic E-state index is 4.23. The average molecular weight is 248 g/mol. The zero-order chi connectivity index (χ0) is 12.6. The highest BCUT2D eigenvalue weighted by atomic mass is 15.2. The van der Waals surface area contributed by atoms with Gasteiger partial charge in [0.15, 0.2) is 0 Å². The molecule has 2 fully saturated rings. The Kier molecular flexibility index (Phi) is 3.16. The molecule has 0 amide bonds. The average Bonchev–Trinajstić information content (AvgIpc) is 2.80. The van der Waals surface area contributed by atoms with Gasteiger partial charge in [-0.3, -0.25) is 4.68 Å². The van der Waals surface area contributed by atoms with Crippen LogP contribution in [-0.2, 0) is 13.6 Å². The first-order valence-corrected chi connectivity index (χ1v) is 7.05. The minimum atomic E-state index is 0.703. The summed E-state index contributed by atoms with van der Waals surface area (Å²) in [4.78, 5) is 2.46. The summed E-state index contributed by atoms with van der Waals surface area (Å²) in [5.74, 6) is 0.932. The highest BCUT2D eigenvalue weighted by Gasteiger charge is 2.53. The molecule has 0 radical (unpaired) electrons. The second-order valence-corrected chi connectivity index (χ2v) is 6.23. The van der Waals surface area contributed by atoms with E-state index in [9.17, 15) is 0 Å². The van der Waals surface area contributed by atoms with Crippen molar-refractivity contribution in [2.45, 2.75) is 25.8 Å². The van der Waals surface area contributed by atoms with Crippen molar-refractivity contribution in [2.75, 3.05) is 26.7 Å². The molecule has 1 saturated heterocycles. The zero-order valence-electron chi connectivity index (χ0n) is 11.5. The number of aryl methyl sites for hydroxylation is 1. The van der Waals surface area contributed by atoms with Crippen LogP contribution in [0.25, 0.3) is 0 Å². The van der Waals surface area contributed by atoms with E-state index >= 15 is 0 Å². The molecular weight excluding hydrogens is 224 g/mol. The molecule has 1 unspecified atom stereocenters. The van der Waals surface area contributed by atoms with Crippen LogP contribution in [-0.4, -0.2) is 41.4 Å². The third-order valence-corrected chi connectivity index (χ3v) is 4.70. The van der Waals surface area contributed by atoms with Crippen molar-refractivity contribution in [3.8, 4) is 0 Å². The van der Waals surface area contributed by atoms with Gasteiger partial charge in [-0.1, -0.05) is 0 Å². The highest BCUT2D eigenvalue weighted by molar-refractivity contribution is 5.07. The molecule has 1 saturated carbocycles. The Balaban J connectivity index is 1.49. The van der Waals surface area contributed by atoms with E-state index in [0.29, 0.717) is 5.41 Å². The summed E-state index contributed by atoms with van der Waals surface area (Å²) in [7, 11) is 4.22. The molecule has 1 aliphatic heterocycles. The first-order chi connectivity index (χ1) is 8.68. The minimum absolute atomic E-state index is 0.703. The largest absolute Gasteiger partial charge is 0.317 e. The lowest BCUT2D eigenvalue weighted by Gasteiger charge is -2.25. The Morgan fingerprint density at radius 3 is 2.94 bits per heavy atom. The van der Waals surface area contributed by atoms with Gasteiger partial charge in [0.2, 0.25) is 0 Å². The van der Waals surface area contributed by atoms with Gasteiger partial charge in [-0.25, -0.2) is 0 Å². The van der Waals surface area contributed by atoms with E-state index in [0.717, 1.165) is 12.5 Å². The van der Waals surface area contributed by atoms with Crippen LogP contribution in [0.4, 0.5) is 0 Å². The summed E-state index contributed by atoms with van der Waals surface area (Å²) in [6.07, 6.45) is 8.32. The Labute approximate surface area is 109 Å². The van der Waals surface area contributed by atoms with E-state index < -0.39 is 0 Å². The first kappa shape index (κ1) is 12.2. The molecule has 2 aliphatic rings. The van der Waals surface area contributed by atoms with Crippen LogP contribution in [0.1, 0.15) is 24.8 Å². The number of hydrogen-bond donors (Lipinski definition) is 1. The molecule has 1 spiro atoms. The summed E-state index contributed by atoms with van der Waals surface area (Å²) in [5, 5.41) is 7.70. The normalized spacial score (nSPS) is 25.8.